The van der Waals surface area contributed by atoms with Crippen LogP contribution in [0.15, 0.2) is 48.7 Å². The van der Waals surface area contributed by atoms with Gasteiger partial charge in [-0.2, -0.15) is 0 Å². The van der Waals surface area contributed by atoms with Gasteiger partial charge >= 0.3 is 0 Å². The number of nitrogens with one attached hydrogen (secondary N) is 1. The van der Waals surface area contributed by atoms with Crippen molar-refractivity contribution >= 4 is 23.0 Å². The van der Waals surface area contributed by atoms with Crippen molar-refractivity contribution < 1.29 is 9.66 Å². The number of hydrogen-bond donors (Lipinski definition) is 1. The van der Waals surface area contributed by atoms with Crippen molar-refractivity contribution in [3.05, 3.63) is 81.4 Å². The van der Waals surface area contributed by atoms with Crippen LogP contribution >= 0.6 is 12.2 Å². The number of pyridine rings is 1. The third-order valence-electron chi connectivity index (χ3n) is 5.74. The summed E-state index contributed by atoms with van der Waals surface area (Å²) in [5.41, 5.74) is 4.75. The molecule has 9 heteroatoms. The number of benzene rings is 1. The number of non-ortho nitro benzene ring substituents is 1. The van der Waals surface area contributed by atoms with E-state index in [2.05, 4.69) is 20.9 Å². The molecule has 3 heterocycles. The summed E-state index contributed by atoms with van der Waals surface area (Å²) in [4.78, 5) is 17.3. The Hall–Kier alpha value is -3.46. The van der Waals surface area contributed by atoms with E-state index in [9.17, 15) is 10.1 Å². The molecule has 1 aliphatic heterocycles. The zero-order chi connectivity index (χ0) is 22.3. The fraction of sp³-hybridized carbons (Fsp3) is 0.273. The van der Waals surface area contributed by atoms with E-state index in [0.29, 0.717) is 10.9 Å². The van der Waals surface area contributed by atoms with Gasteiger partial charge in [-0.3, -0.25) is 15.1 Å². The van der Waals surface area contributed by atoms with E-state index < -0.39 is 4.92 Å². The maximum Gasteiger partial charge on any atom is 0.273 e. The first-order valence-corrected chi connectivity index (χ1v) is 10.2. The summed E-state index contributed by atoms with van der Waals surface area (Å²) >= 11 is 5.55. The van der Waals surface area contributed by atoms with Crippen LogP contribution in [0.3, 0.4) is 0 Å². The van der Waals surface area contributed by atoms with Crippen LogP contribution in [0.5, 0.6) is 5.75 Å². The van der Waals surface area contributed by atoms with E-state index in [-0.39, 0.29) is 17.8 Å². The van der Waals surface area contributed by atoms with E-state index in [1.165, 1.54) is 19.2 Å². The molecule has 0 bridgehead atoms. The average molecular weight is 438 g/mol. The monoisotopic (exact) mass is 437 g/mol. The molecule has 0 spiro atoms. The van der Waals surface area contributed by atoms with Gasteiger partial charge in [-0.25, -0.2) is 0 Å². The van der Waals surface area contributed by atoms with Gasteiger partial charge in [0, 0.05) is 30.7 Å². The molecule has 31 heavy (non-hydrogen) atoms. The molecule has 0 unspecified atom stereocenters. The van der Waals surface area contributed by atoms with Crippen LogP contribution in [0.1, 0.15) is 34.7 Å². The Bertz CT molecular complexity index is 1160. The maximum absolute atomic E-state index is 11.2. The van der Waals surface area contributed by atoms with Crippen LogP contribution < -0.4 is 10.1 Å². The molecule has 0 aliphatic carbocycles. The highest BCUT2D eigenvalue weighted by atomic mass is 32.1. The molecule has 4 rings (SSSR count). The SMILES string of the molecule is COc1cc([N+](=O)[O-])ccc1-n1c(C)cc([C@H]2[C@@H](c3ccccn3)NC(=S)N2C)c1C. The summed E-state index contributed by atoms with van der Waals surface area (Å²) in [7, 11) is 3.49. The molecule has 160 valence electrons. The van der Waals surface area contributed by atoms with Gasteiger partial charge < -0.3 is 19.5 Å². The number of nitro benzene ring substituents is 1. The fourth-order valence-electron chi connectivity index (χ4n) is 4.27. The molecule has 2 aromatic heterocycles. The standard InChI is InChI=1S/C22H23N5O3S/c1-13-11-16(21-20(24-22(31)25(21)3)17-7-5-6-10-23-17)14(2)26(13)18-9-8-15(27(28)29)12-19(18)30-4/h5-12,20-21H,1-4H3,(H,24,31)/t20-,21+/m1/s1. The fourth-order valence-corrected chi connectivity index (χ4v) is 4.51. The van der Waals surface area contributed by atoms with E-state index >= 15 is 0 Å². The number of nitrogens with zero attached hydrogens (tertiary/aromatic N) is 4. The Morgan fingerprint density at radius 3 is 2.65 bits per heavy atom. The summed E-state index contributed by atoms with van der Waals surface area (Å²) < 4.78 is 7.54. The highest BCUT2D eigenvalue weighted by Gasteiger charge is 2.39. The van der Waals surface area contributed by atoms with Crippen LogP contribution in [0.25, 0.3) is 5.69 Å². The molecule has 0 saturated carbocycles. The minimum atomic E-state index is -0.426. The Labute approximate surface area is 185 Å². The van der Waals surface area contributed by atoms with Crippen molar-refractivity contribution in [3.63, 3.8) is 0 Å². The summed E-state index contributed by atoms with van der Waals surface area (Å²) in [6, 6.07) is 12.5. The molecule has 0 amide bonds. The van der Waals surface area contributed by atoms with Crippen LogP contribution in [0.4, 0.5) is 5.69 Å². The number of rotatable bonds is 5. The smallest absolute Gasteiger partial charge is 0.273 e. The third-order valence-corrected chi connectivity index (χ3v) is 6.15. The molecule has 1 aromatic carbocycles. The molecule has 0 radical (unpaired) electrons. The summed E-state index contributed by atoms with van der Waals surface area (Å²) in [5.74, 6) is 0.442. The van der Waals surface area contributed by atoms with Crippen molar-refractivity contribution in [2.24, 2.45) is 0 Å². The molecule has 1 fully saturated rings. The third kappa shape index (κ3) is 3.50. The summed E-state index contributed by atoms with van der Waals surface area (Å²) in [6.07, 6.45) is 1.78. The van der Waals surface area contributed by atoms with Gasteiger partial charge in [0.05, 0.1) is 41.6 Å². The number of hydrogen-bond acceptors (Lipinski definition) is 5. The second-order valence-corrected chi connectivity index (χ2v) is 7.90. The molecule has 1 N–H and O–H groups in total. The molecule has 8 nitrogen and oxygen atoms in total. The summed E-state index contributed by atoms with van der Waals surface area (Å²) in [5, 5.41) is 15.2. The van der Waals surface area contributed by atoms with E-state index in [0.717, 1.165) is 28.3 Å². The average Bonchev–Trinajstić information content (AvgIpc) is 3.22. The van der Waals surface area contributed by atoms with Crippen LogP contribution in [-0.4, -0.2) is 38.6 Å². The van der Waals surface area contributed by atoms with Crippen molar-refractivity contribution in [1.82, 2.24) is 19.8 Å². The highest BCUT2D eigenvalue weighted by Crippen LogP contribution is 2.41. The second kappa shape index (κ2) is 7.99. The lowest BCUT2D eigenvalue weighted by molar-refractivity contribution is -0.384. The predicted molar refractivity (Wildman–Crippen MR) is 122 cm³/mol. The van der Waals surface area contributed by atoms with E-state index in [1.54, 1.807) is 12.3 Å². The summed E-state index contributed by atoms with van der Waals surface area (Å²) in [6.45, 7) is 4.04. The maximum atomic E-state index is 11.2. The Morgan fingerprint density at radius 2 is 2.00 bits per heavy atom. The number of aromatic nitrogens is 2. The molecule has 2 atom stereocenters. The largest absolute Gasteiger partial charge is 0.494 e. The minimum absolute atomic E-state index is 0.0106. The number of nitro groups is 1. The molecular weight excluding hydrogens is 414 g/mol. The molecule has 1 aliphatic rings. The topological polar surface area (TPSA) is 85.5 Å². The number of ether oxygens (including phenoxy) is 1. The zero-order valence-corrected chi connectivity index (χ0v) is 18.5. The van der Waals surface area contributed by atoms with Crippen LogP contribution in [0, 0.1) is 24.0 Å². The Kier molecular flexibility index (Phi) is 5.36. The van der Waals surface area contributed by atoms with E-state index in [4.69, 9.17) is 17.0 Å². The second-order valence-electron chi connectivity index (χ2n) is 7.51. The normalized spacial score (nSPS) is 18.2. The lowest BCUT2D eigenvalue weighted by Crippen LogP contribution is -2.25. The first kappa shape index (κ1) is 20.8. The van der Waals surface area contributed by atoms with Crippen molar-refractivity contribution in [2.45, 2.75) is 25.9 Å². The first-order chi connectivity index (χ1) is 14.8. The van der Waals surface area contributed by atoms with Crippen LogP contribution in [0.2, 0.25) is 0 Å². The van der Waals surface area contributed by atoms with Gasteiger partial charge in [-0.15, -0.1) is 0 Å². The highest BCUT2D eigenvalue weighted by molar-refractivity contribution is 7.80. The first-order valence-electron chi connectivity index (χ1n) is 9.79. The van der Waals surface area contributed by atoms with Crippen molar-refractivity contribution in [2.75, 3.05) is 14.2 Å². The Balaban J connectivity index is 1.83. The number of methoxy groups -OCH3 is 1. The lowest BCUT2D eigenvalue weighted by atomic mass is 9.97. The van der Waals surface area contributed by atoms with Crippen molar-refractivity contribution in [3.8, 4) is 11.4 Å². The van der Waals surface area contributed by atoms with Gasteiger partial charge in [0.1, 0.15) is 5.75 Å². The molecular formula is C22H23N5O3S. The molecule has 3 aromatic rings. The molecule has 1 saturated heterocycles. The van der Waals surface area contributed by atoms with Gasteiger partial charge in [0.15, 0.2) is 5.11 Å². The number of thiocarbonyl (C=S) groups is 1. The van der Waals surface area contributed by atoms with Gasteiger partial charge in [0.25, 0.3) is 5.69 Å². The number of aryl methyl sites for hydroxylation is 1. The minimum Gasteiger partial charge on any atom is -0.494 e. The van der Waals surface area contributed by atoms with Crippen molar-refractivity contribution in [1.29, 1.82) is 0 Å². The zero-order valence-electron chi connectivity index (χ0n) is 17.7. The van der Waals surface area contributed by atoms with E-state index in [1.807, 2.05) is 44.0 Å². The van der Waals surface area contributed by atoms with Gasteiger partial charge in [-0.1, -0.05) is 6.07 Å². The van der Waals surface area contributed by atoms with Gasteiger partial charge in [-0.05, 0) is 55.9 Å². The van der Waals surface area contributed by atoms with Gasteiger partial charge in [0.2, 0.25) is 0 Å². The van der Waals surface area contributed by atoms with Crippen LogP contribution in [-0.2, 0) is 0 Å². The predicted octanol–water partition coefficient (Wildman–Crippen LogP) is 4.01. The quantitative estimate of drug-likeness (QED) is 0.367. The lowest BCUT2D eigenvalue weighted by Gasteiger charge is -2.24. The Morgan fingerprint density at radius 1 is 1.23 bits per heavy atom. The number of likely N-dealkylation sites (N-methyl/N-ethyl adjacent to an activating group) is 1.